The van der Waals surface area contributed by atoms with E-state index in [2.05, 4.69) is 4.85 Å². The average Bonchev–Trinajstić information content (AvgIpc) is 2.78. The smallest absolute Gasteiger partial charge is 0.382 e. The zero-order chi connectivity index (χ0) is 15.8. The van der Waals surface area contributed by atoms with Gasteiger partial charge in [0.2, 0.25) is 5.69 Å². The van der Waals surface area contributed by atoms with Crippen molar-refractivity contribution in [3.05, 3.63) is 34.6 Å². The van der Waals surface area contributed by atoms with Gasteiger partial charge in [0.1, 0.15) is 0 Å². The van der Waals surface area contributed by atoms with Crippen molar-refractivity contribution in [2.45, 2.75) is 44.1 Å². The van der Waals surface area contributed by atoms with E-state index in [1.165, 1.54) is 17.0 Å². The van der Waals surface area contributed by atoms with Gasteiger partial charge >= 0.3 is 6.18 Å². The van der Waals surface area contributed by atoms with Crippen LogP contribution in [0, 0.1) is 6.57 Å². The highest BCUT2D eigenvalue weighted by Crippen LogP contribution is 2.39. The molecule has 0 spiro atoms. The Balaban J connectivity index is 2.35. The van der Waals surface area contributed by atoms with Crippen LogP contribution in [0.1, 0.15) is 19.8 Å². The quantitative estimate of drug-likeness (QED) is 0.829. The molecule has 21 heavy (non-hydrogen) atoms. The summed E-state index contributed by atoms with van der Waals surface area (Å²) in [4.78, 5) is 4.76. The molecule has 7 heteroatoms. The molecule has 1 aromatic carbocycles. The standard InChI is InChI=1S/C14H14ClF3N2O/c1-8-3-6-12(13(21)14(16,17)18)20(8)9-4-5-11(19-2)10(15)7-9/h4-5,7-8,12-13,21H,3,6H2,1H3/t8-,12-,13+/m1/s1. The van der Waals surface area contributed by atoms with Crippen LogP contribution < -0.4 is 4.90 Å². The van der Waals surface area contributed by atoms with Crippen molar-refractivity contribution in [3.8, 4) is 0 Å². The molecular formula is C14H14ClF3N2O. The Kier molecular flexibility index (Phi) is 4.35. The van der Waals surface area contributed by atoms with Crippen LogP contribution in [0.3, 0.4) is 0 Å². The van der Waals surface area contributed by atoms with Gasteiger partial charge in [0.25, 0.3) is 0 Å². The Morgan fingerprint density at radius 2 is 2.10 bits per heavy atom. The molecule has 0 amide bonds. The molecule has 0 aromatic heterocycles. The first-order valence-electron chi connectivity index (χ1n) is 6.46. The van der Waals surface area contributed by atoms with Gasteiger partial charge in [-0.05, 0) is 31.9 Å². The van der Waals surface area contributed by atoms with Crippen LogP contribution in [0.25, 0.3) is 4.85 Å². The number of benzene rings is 1. The van der Waals surface area contributed by atoms with Crippen LogP contribution in [-0.4, -0.2) is 29.5 Å². The maximum Gasteiger partial charge on any atom is 0.416 e. The van der Waals surface area contributed by atoms with Gasteiger partial charge in [-0.2, -0.15) is 13.2 Å². The first-order valence-corrected chi connectivity index (χ1v) is 6.83. The van der Waals surface area contributed by atoms with E-state index in [1.54, 1.807) is 13.0 Å². The zero-order valence-electron chi connectivity index (χ0n) is 11.2. The summed E-state index contributed by atoms with van der Waals surface area (Å²) in [7, 11) is 0. The van der Waals surface area contributed by atoms with Crippen LogP contribution in [0.5, 0.6) is 0 Å². The largest absolute Gasteiger partial charge is 0.416 e. The number of rotatable bonds is 2. The minimum absolute atomic E-state index is 0.137. The number of halogens is 4. The van der Waals surface area contributed by atoms with Crippen LogP contribution in [0.4, 0.5) is 24.5 Å². The predicted octanol–water partition coefficient (Wildman–Crippen LogP) is 4.17. The first-order chi connectivity index (χ1) is 9.75. The number of anilines is 1. The third-order valence-corrected chi connectivity index (χ3v) is 4.06. The molecule has 1 heterocycles. The first kappa shape index (κ1) is 15.9. The summed E-state index contributed by atoms with van der Waals surface area (Å²) in [5.74, 6) is 0. The minimum atomic E-state index is -4.66. The van der Waals surface area contributed by atoms with E-state index >= 15 is 0 Å². The molecule has 1 aliphatic heterocycles. The summed E-state index contributed by atoms with van der Waals surface area (Å²) in [6.45, 7) is 8.74. The van der Waals surface area contributed by atoms with Crippen molar-refractivity contribution in [2.75, 3.05) is 4.90 Å². The van der Waals surface area contributed by atoms with E-state index in [0.29, 0.717) is 12.1 Å². The molecule has 1 aromatic rings. The van der Waals surface area contributed by atoms with Gasteiger partial charge in [0.15, 0.2) is 6.10 Å². The number of aliphatic hydroxyl groups excluding tert-OH is 1. The maximum absolute atomic E-state index is 12.8. The fourth-order valence-electron chi connectivity index (χ4n) is 2.74. The molecule has 1 saturated heterocycles. The molecule has 2 rings (SSSR count). The lowest BCUT2D eigenvalue weighted by molar-refractivity contribution is -0.209. The van der Waals surface area contributed by atoms with E-state index in [9.17, 15) is 18.3 Å². The summed E-state index contributed by atoms with van der Waals surface area (Å²) in [6.07, 6.45) is -6.25. The normalized spacial score (nSPS) is 24.0. The molecule has 0 saturated carbocycles. The minimum Gasteiger partial charge on any atom is -0.382 e. The molecule has 3 nitrogen and oxygen atoms in total. The Hall–Kier alpha value is -1.45. The Labute approximate surface area is 125 Å². The molecule has 0 aliphatic carbocycles. The number of aliphatic hydroxyl groups is 1. The van der Waals surface area contributed by atoms with Gasteiger partial charge in [-0.3, -0.25) is 0 Å². The van der Waals surface area contributed by atoms with E-state index < -0.39 is 18.3 Å². The van der Waals surface area contributed by atoms with Crippen molar-refractivity contribution >= 4 is 23.0 Å². The highest BCUT2D eigenvalue weighted by Gasteiger charge is 2.48. The summed E-state index contributed by atoms with van der Waals surface area (Å²) >= 11 is 5.95. The number of hydrogen-bond acceptors (Lipinski definition) is 2. The molecule has 1 aliphatic rings. The number of alkyl halides is 3. The molecule has 3 atom stereocenters. The van der Waals surface area contributed by atoms with E-state index in [-0.39, 0.29) is 23.2 Å². The molecule has 0 radical (unpaired) electrons. The fourth-order valence-corrected chi connectivity index (χ4v) is 2.96. The maximum atomic E-state index is 12.8. The average molecular weight is 319 g/mol. The van der Waals surface area contributed by atoms with Crippen LogP contribution in [-0.2, 0) is 0 Å². The molecule has 0 bridgehead atoms. The molecular weight excluding hydrogens is 305 g/mol. The number of nitrogens with zero attached hydrogens (tertiary/aromatic N) is 2. The molecule has 1 N–H and O–H groups in total. The second-order valence-corrected chi connectivity index (χ2v) is 5.54. The monoisotopic (exact) mass is 318 g/mol. The highest BCUT2D eigenvalue weighted by atomic mass is 35.5. The highest BCUT2D eigenvalue weighted by molar-refractivity contribution is 6.33. The second kappa shape index (κ2) is 5.74. The van der Waals surface area contributed by atoms with Crippen molar-refractivity contribution < 1.29 is 18.3 Å². The third kappa shape index (κ3) is 3.09. The summed E-state index contributed by atoms with van der Waals surface area (Å²) in [5, 5.41) is 9.75. The molecule has 114 valence electrons. The Bertz CT molecular complexity index is 570. The van der Waals surface area contributed by atoms with Gasteiger partial charge in [-0.25, -0.2) is 4.85 Å². The predicted molar refractivity (Wildman–Crippen MR) is 74.7 cm³/mol. The van der Waals surface area contributed by atoms with Crippen molar-refractivity contribution in [1.82, 2.24) is 0 Å². The van der Waals surface area contributed by atoms with Crippen LogP contribution in [0.2, 0.25) is 5.02 Å². The fraction of sp³-hybridized carbons (Fsp3) is 0.500. The second-order valence-electron chi connectivity index (χ2n) is 5.13. The Morgan fingerprint density at radius 1 is 1.43 bits per heavy atom. The van der Waals surface area contributed by atoms with Crippen molar-refractivity contribution in [1.29, 1.82) is 0 Å². The van der Waals surface area contributed by atoms with Crippen molar-refractivity contribution in [2.24, 2.45) is 0 Å². The van der Waals surface area contributed by atoms with Gasteiger partial charge in [0.05, 0.1) is 12.6 Å². The zero-order valence-corrected chi connectivity index (χ0v) is 12.0. The summed E-state index contributed by atoms with van der Waals surface area (Å²) in [5.41, 5.74) is 0.742. The lowest BCUT2D eigenvalue weighted by Crippen LogP contribution is -2.48. The lowest BCUT2D eigenvalue weighted by Gasteiger charge is -2.34. The van der Waals surface area contributed by atoms with Gasteiger partial charge in [-0.1, -0.05) is 17.7 Å². The van der Waals surface area contributed by atoms with Crippen LogP contribution >= 0.6 is 11.6 Å². The SMILES string of the molecule is [C-]#[N+]c1ccc(N2[C@H](C)CC[C@@H]2[C@H](O)C(F)(F)F)cc1Cl. The van der Waals surface area contributed by atoms with E-state index in [4.69, 9.17) is 18.2 Å². The molecule has 0 unspecified atom stereocenters. The third-order valence-electron chi connectivity index (χ3n) is 3.76. The summed E-state index contributed by atoms with van der Waals surface area (Å²) < 4.78 is 38.3. The number of hydrogen-bond donors (Lipinski definition) is 1. The summed E-state index contributed by atoms with van der Waals surface area (Å²) in [6, 6.07) is 3.35. The Morgan fingerprint density at radius 3 is 2.62 bits per heavy atom. The van der Waals surface area contributed by atoms with E-state index in [1.807, 2.05) is 0 Å². The van der Waals surface area contributed by atoms with Gasteiger partial charge in [-0.15, -0.1) is 0 Å². The van der Waals surface area contributed by atoms with Gasteiger partial charge in [0, 0.05) is 16.8 Å². The molecule has 1 fully saturated rings. The van der Waals surface area contributed by atoms with Crippen molar-refractivity contribution in [3.63, 3.8) is 0 Å². The van der Waals surface area contributed by atoms with Gasteiger partial charge < -0.3 is 10.0 Å². The van der Waals surface area contributed by atoms with Crippen LogP contribution in [0.15, 0.2) is 18.2 Å². The van der Waals surface area contributed by atoms with E-state index in [0.717, 1.165) is 0 Å². The lowest BCUT2D eigenvalue weighted by atomic mass is 10.1. The topological polar surface area (TPSA) is 27.8 Å².